The van der Waals surface area contributed by atoms with Crippen LogP contribution in [0.3, 0.4) is 0 Å². The van der Waals surface area contributed by atoms with Gasteiger partial charge in [-0.15, -0.1) is 0 Å². The zero-order valence-electron chi connectivity index (χ0n) is 13.7. The molecule has 0 spiro atoms. The van der Waals surface area contributed by atoms with Crippen LogP contribution in [0.1, 0.15) is 49.5 Å². The van der Waals surface area contributed by atoms with Crippen molar-refractivity contribution in [3.8, 4) is 0 Å². The number of benzene rings is 1. The van der Waals surface area contributed by atoms with Crippen LogP contribution in [0.25, 0.3) is 0 Å². The van der Waals surface area contributed by atoms with Crippen molar-refractivity contribution in [2.24, 2.45) is 0 Å². The van der Waals surface area contributed by atoms with Gasteiger partial charge >= 0.3 is 5.97 Å². The summed E-state index contributed by atoms with van der Waals surface area (Å²) in [5.41, 5.74) is 4.72. The van der Waals surface area contributed by atoms with E-state index in [-0.39, 0.29) is 23.1 Å². The minimum atomic E-state index is -0.625. The molecule has 2 aromatic rings. The molecule has 0 bridgehead atoms. The van der Waals surface area contributed by atoms with Gasteiger partial charge in [0, 0.05) is 11.3 Å². The monoisotopic (exact) mass is 343 g/mol. The maximum absolute atomic E-state index is 12.3. The molecule has 0 saturated heterocycles. The number of halogens is 1. The first kappa shape index (κ1) is 16.7. The van der Waals surface area contributed by atoms with E-state index < -0.39 is 5.97 Å². The summed E-state index contributed by atoms with van der Waals surface area (Å²) in [4.78, 5) is 28.6. The predicted octanol–water partition coefficient (Wildman–Crippen LogP) is 3.88. The molecule has 124 valence electrons. The Bertz CT molecular complexity index is 806. The van der Waals surface area contributed by atoms with Crippen LogP contribution in [0.2, 0.25) is 5.15 Å². The number of ketones is 1. The Morgan fingerprint density at radius 3 is 2.67 bits per heavy atom. The molecule has 0 amide bonds. The van der Waals surface area contributed by atoms with E-state index in [1.807, 2.05) is 12.1 Å². The van der Waals surface area contributed by atoms with Gasteiger partial charge in [-0.2, -0.15) is 0 Å². The molecule has 0 N–H and O–H groups in total. The van der Waals surface area contributed by atoms with Gasteiger partial charge in [-0.1, -0.05) is 23.7 Å². The third-order valence-corrected chi connectivity index (χ3v) is 4.53. The highest BCUT2D eigenvalue weighted by Crippen LogP contribution is 2.23. The number of nitrogens with zero attached hydrogens (tertiary/aromatic N) is 1. The molecular weight excluding hydrogens is 326 g/mol. The molecule has 5 heteroatoms. The lowest BCUT2D eigenvalue weighted by molar-refractivity contribution is 0.0473. The summed E-state index contributed by atoms with van der Waals surface area (Å²) in [5, 5.41) is 0.0995. The van der Waals surface area contributed by atoms with Crippen LogP contribution >= 0.6 is 11.6 Å². The highest BCUT2D eigenvalue weighted by atomic mass is 35.5. The number of hydrogen-bond donors (Lipinski definition) is 0. The molecule has 1 aromatic carbocycles. The molecule has 0 radical (unpaired) electrons. The van der Waals surface area contributed by atoms with Gasteiger partial charge in [0.2, 0.25) is 0 Å². The fraction of sp³-hybridized carbons (Fsp3) is 0.316. The third-order valence-electron chi connectivity index (χ3n) is 4.26. The lowest BCUT2D eigenvalue weighted by Crippen LogP contribution is -2.16. The van der Waals surface area contributed by atoms with E-state index in [2.05, 4.69) is 4.98 Å². The molecule has 0 fully saturated rings. The highest BCUT2D eigenvalue weighted by molar-refractivity contribution is 6.32. The number of pyridine rings is 1. The Morgan fingerprint density at radius 2 is 1.92 bits per heavy atom. The maximum Gasteiger partial charge on any atom is 0.342 e. The molecule has 1 aromatic heterocycles. The number of hydrogen-bond acceptors (Lipinski definition) is 4. The number of carbonyl (C=O) groups excluding carboxylic acids is 2. The summed E-state index contributed by atoms with van der Waals surface area (Å²) in [6.07, 6.45) is 3.19. The normalized spacial score (nSPS) is 12.8. The van der Waals surface area contributed by atoms with Crippen LogP contribution in [0.15, 0.2) is 24.3 Å². The van der Waals surface area contributed by atoms with E-state index in [0.29, 0.717) is 11.1 Å². The van der Waals surface area contributed by atoms with E-state index in [1.54, 1.807) is 26.0 Å². The molecule has 3 rings (SSSR count). The number of aryl methyl sites for hydroxylation is 4. The molecule has 1 aliphatic rings. The Balaban J connectivity index is 1.69. The lowest BCUT2D eigenvalue weighted by Gasteiger charge is -2.09. The summed E-state index contributed by atoms with van der Waals surface area (Å²) >= 11 is 6.03. The number of fused-ring (bicyclic) bond motifs is 1. The number of esters is 1. The van der Waals surface area contributed by atoms with Crippen LogP contribution < -0.4 is 0 Å². The molecule has 0 atom stereocenters. The van der Waals surface area contributed by atoms with Gasteiger partial charge in [-0.25, -0.2) is 9.78 Å². The van der Waals surface area contributed by atoms with Crippen molar-refractivity contribution in [2.75, 3.05) is 6.61 Å². The molecule has 4 nitrogen and oxygen atoms in total. The van der Waals surface area contributed by atoms with E-state index in [1.165, 1.54) is 11.1 Å². The lowest BCUT2D eigenvalue weighted by atomic mass is 10.0. The van der Waals surface area contributed by atoms with Crippen LogP contribution in [-0.2, 0) is 17.6 Å². The van der Waals surface area contributed by atoms with E-state index in [4.69, 9.17) is 16.3 Å². The van der Waals surface area contributed by atoms with Gasteiger partial charge in [0.25, 0.3) is 0 Å². The van der Waals surface area contributed by atoms with Crippen LogP contribution in [-0.4, -0.2) is 23.3 Å². The van der Waals surface area contributed by atoms with Gasteiger partial charge in [-0.05, 0) is 61.9 Å². The van der Waals surface area contributed by atoms with Gasteiger partial charge in [-0.3, -0.25) is 4.79 Å². The molecule has 0 saturated carbocycles. The predicted molar refractivity (Wildman–Crippen MR) is 91.8 cm³/mol. The van der Waals surface area contributed by atoms with Gasteiger partial charge in [0.1, 0.15) is 5.15 Å². The van der Waals surface area contributed by atoms with Crippen molar-refractivity contribution >= 4 is 23.4 Å². The number of carbonyl (C=O) groups is 2. The highest BCUT2D eigenvalue weighted by Gasteiger charge is 2.19. The average molecular weight is 344 g/mol. The first-order valence-corrected chi connectivity index (χ1v) is 8.29. The van der Waals surface area contributed by atoms with Gasteiger partial charge < -0.3 is 4.74 Å². The smallest absolute Gasteiger partial charge is 0.342 e. The van der Waals surface area contributed by atoms with Crippen molar-refractivity contribution < 1.29 is 14.3 Å². The Morgan fingerprint density at radius 1 is 1.17 bits per heavy atom. The average Bonchev–Trinajstić information content (AvgIpc) is 2.99. The van der Waals surface area contributed by atoms with Gasteiger partial charge in [0.15, 0.2) is 12.4 Å². The van der Waals surface area contributed by atoms with E-state index in [0.717, 1.165) is 25.0 Å². The number of aromatic nitrogens is 1. The second kappa shape index (κ2) is 6.73. The number of Topliss-reactive ketones (excluding diaryl/α,β-unsaturated/α-hetero) is 1. The maximum atomic E-state index is 12.3. The van der Waals surface area contributed by atoms with Crippen molar-refractivity contribution in [3.05, 3.63) is 62.9 Å². The topological polar surface area (TPSA) is 56.3 Å². The Kier molecular flexibility index (Phi) is 4.67. The zero-order valence-corrected chi connectivity index (χ0v) is 14.4. The summed E-state index contributed by atoms with van der Waals surface area (Å²) in [6.45, 7) is 3.26. The summed E-state index contributed by atoms with van der Waals surface area (Å²) < 4.78 is 5.15. The van der Waals surface area contributed by atoms with Crippen molar-refractivity contribution in [1.82, 2.24) is 4.98 Å². The Hall–Kier alpha value is -2.20. The number of ether oxygens (including phenoxy) is 1. The fourth-order valence-corrected chi connectivity index (χ4v) is 3.43. The second-order valence-corrected chi connectivity index (χ2v) is 6.44. The summed E-state index contributed by atoms with van der Waals surface area (Å²) in [6, 6.07) is 7.45. The van der Waals surface area contributed by atoms with E-state index in [9.17, 15) is 9.59 Å². The molecular formula is C19H18ClNO3. The third kappa shape index (κ3) is 3.34. The molecule has 0 unspecified atom stereocenters. The van der Waals surface area contributed by atoms with Crippen molar-refractivity contribution in [1.29, 1.82) is 0 Å². The van der Waals surface area contributed by atoms with Crippen molar-refractivity contribution in [3.63, 3.8) is 0 Å². The zero-order chi connectivity index (χ0) is 17.3. The summed E-state index contributed by atoms with van der Waals surface area (Å²) in [7, 11) is 0. The first-order valence-electron chi connectivity index (χ1n) is 7.91. The molecule has 0 aliphatic heterocycles. The quantitative estimate of drug-likeness (QED) is 0.480. The number of rotatable bonds is 4. The molecule has 1 heterocycles. The SMILES string of the molecule is Cc1cc(C)c(C(=O)OCC(=O)c2ccc3c(c2)CCC3)c(Cl)n1. The second-order valence-electron chi connectivity index (χ2n) is 6.08. The van der Waals surface area contributed by atoms with Crippen molar-refractivity contribution in [2.45, 2.75) is 33.1 Å². The van der Waals surface area contributed by atoms with Gasteiger partial charge in [0.05, 0.1) is 5.56 Å². The first-order chi connectivity index (χ1) is 11.5. The minimum Gasteiger partial charge on any atom is -0.454 e. The largest absolute Gasteiger partial charge is 0.454 e. The summed E-state index contributed by atoms with van der Waals surface area (Å²) in [5.74, 6) is -0.841. The van der Waals surface area contributed by atoms with Crippen LogP contribution in [0.4, 0.5) is 0 Å². The Labute approximate surface area is 145 Å². The molecule has 1 aliphatic carbocycles. The van der Waals surface area contributed by atoms with Crippen LogP contribution in [0.5, 0.6) is 0 Å². The minimum absolute atomic E-state index is 0.0995. The van der Waals surface area contributed by atoms with E-state index >= 15 is 0 Å². The van der Waals surface area contributed by atoms with Crippen LogP contribution in [0, 0.1) is 13.8 Å². The standard InChI is InChI=1S/C19H18ClNO3/c1-11-8-12(2)21-18(20)17(11)19(23)24-10-16(22)15-7-6-13-4-3-5-14(13)9-15/h6-9H,3-5,10H2,1-2H3. The molecule has 24 heavy (non-hydrogen) atoms. The fourth-order valence-electron chi connectivity index (χ4n) is 3.07.